The maximum Gasteiger partial charge on any atom is 0.262 e. The molecule has 34 heavy (non-hydrogen) atoms. The largest absolute Gasteiger partial charge is 0.292 e. The Morgan fingerprint density at radius 1 is 1.00 bits per heavy atom. The lowest BCUT2D eigenvalue weighted by atomic mass is 10.1. The Hall–Kier alpha value is -3.84. The fourth-order valence-electron chi connectivity index (χ4n) is 4.14. The minimum Gasteiger partial charge on any atom is -0.292 e. The van der Waals surface area contributed by atoms with Gasteiger partial charge in [-0.1, -0.05) is 42.5 Å². The predicted molar refractivity (Wildman–Crippen MR) is 134 cm³/mol. The molecule has 0 saturated carbocycles. The van der Waals surface area contributed by atoms with E-state index in [2.05, 4.69) is 5.10 Å². The SMILES string of the molecule is Cc1nc(-c2cccc(F)c2)n(CCc2ccccc2)c(=O)c1-c1cc(-c2ccnn2C)cs1. The third kappa shape index (κ3) is 4.22. The standard InChI is InChI=1S/C27H23FN4OS/c1-18-25(24-16-21(17-34-24)23-11-13-29-31(23)2)27(33)32(14-12-19-7-4-3-5-8-19)26(30-18)20-9-6-10-22(28)15-20/h3-11,13,15-17H,12,14H2,1-2H3. The number of aromatic nitrogens is 4. The minimum atomic E-state index is -0.359. The van der Waals surface area contributed by atoms with Crippen LogP contribution in [0.15, 0.2) is 83.1 Å². The van der Waals surface area contributed by atoms with Crippen molar-refractivity contribution >= 4 is 11.3 Å². The van der Waals surface area contributed by atoms with Crippen molar-refractivity contribution in [1.29, 1.82) is 0 Å². The summed E-state index contributed by atoms with van der Waals surface area (Å²) in [5.74, 6) is 0.118. The van der Waals surface area contributed by atoms with Gasteiger partial charge in [-0.15, -0.1) is 11.3 Å². The lowest BCUT2D eigenvalue weighted by Crippen LogP contribution is -2.27. The van der Waals surface area contributed by atoms with Crippen LogP contribution in [0.5, 0.6) is 0 Å². The molecule has 0 saturated heterocycles. The number of halogens is 1. The summed E-state index contributed by atoms with van der Waals surface area (Å²) in [5, 5.41) is 6.27. The molecule has 2 aromatic carbocycles. The van der Waals surface area contributed by atoms with E-state index in [1.54, 1.807) is 22.9 Å². The van der Waals surface area contributed by atoms with E-state index < -0.39 is 0 Å². The molecule has 0 bridgehead atoms. The Morgan fingerprint density at radius 2 is 1.82 bits per heavy atom. The molecule has 0 fully saturated rings. The second-order valence-corrected chi connectivity index (χ2v) is 9.05. The number of hydrogen-bond donors (Lipinski definition) is 0. The van der Waals surface area contributed by atoms with Crippen LogP contribution in [0.2, 0.25) is 0 Å². The maximum absolute atomic E-state index is 14.0. The molecule has 0 spiro atoms. The highest BCUT2D eigenvalue weighted by Gasteiger charge is 2.19. The number of aryl methyl sites for hydroxylation is 3. The van der Waals surface area contributed by atoms with Crippen LogP contribution in [0, 0.1) is 12.7 Å². The van der Waals surface area contributed by atoms with Crippen molar-refractivity contribution in [2.45, 2.75) is 19.9 Å². The first-order valence-electron chi connectivity index (χ1n) is 11.0. The number of benzene rings is 2. The first-order valence-corrected chi connectivity index (χ1v) is 11.9. The van der Waals surface area contributed by atoms with Gasteiger partial charge in [-0.25, -0.2) is 9.37 Å². The molecule has 5 rings (SSSR count). The Kier molecular flexibility index (Phi) is 5.94. The number of thiophene rings is 1. The van der Waals surface area contributed by atoms with Gasteiger partial charge in [0.05, 0.1) is 17.0 Å². The summed E-state index contributed by atoms with van der Waals surface area (Å²) < 4.78 is 17.5. The summed E-state index contributed by atoms with van der Waals surface area (Å²) in [4.78, 5) is 19.5. The lowest BCUT2D eigenvalue weighted by molar-refractivity contribution is 0.626. The molecular weight excluding hydrogens is 447 g/mol. The Labute approximate surface area is 200 Å². The molecule has 0 aliphatic rings. The van der Waals surface area contributed by atoms with Crippen LogP contribution in [0.3, 0.4) is 0 Å². The van der Waals surface area contributed by atoms with E-state index in [0.29, 0.717) is 35.6 Å². The molecule has 5 nitrogen and oxygen atoms in total. The van der Waals surface area contributed by atoms with E-state index in [4.69, 9.17) is 4.98 Å². The van der Waals surface area contributed by atoms with Gasteiger partial charge in [0.15, 0.2) is 0 Å². The van der Waals surface area contributed by atoms with E-state index in [-0.39, 0.29) is 11.4 Å². The van der Waals surface area contributed by atoms with Crippen molar-refractivity contribution in [1.82, 2.24) is 19.3 Å². The smallest absolute Gasteiger partial charge is 0.262 e. The van der Waals surface area contributed by atoms with Crippen molar-refractivity contribution in [2.24, 2.45) is 7.05 Å². The van der Waals surface area contributed by atoms with Gasteiger partial charge in [-0.3, -0.25) is 14.0 Å². The van der Waals surface area contributed by atoms with Gasteiger partial charge < -0.3 is 0 Å². The van der Waals surface area contributed by atoms with Crippen LogP contribution >= 0.6 is 11.3 Å². The fraction of sp³-hybridized carbons (Fsp3) is 0.148. The Morgan fingerprint density at radius 3 is 2.56 bits per heavy atom. The second kappa shape index (κ2) is 9.19. The highest BCUT2D eigenvalue weighted by Crippen LogP contribution is 2.33. The normalized spacial score (nSPS) is 11.1. The Bertz CT molecular complexity index is 1520. The molecule has 0 amide bonds. The highest BCUT2D eigenvalue weighted by atomic mass is 32.1. The number of rotatable bonds is 6. The van der Waals surface area contributed by atoms with Crippen LogP contribution in [0.1, 0.15) is 11.3 Å². The molecule has 0 N–H and O–H groups in total. The van der Waals surface area contributed by atoms with Crippen molar-refractivity contribution < 1.29 is 4.39 Å². The molecule has 0 aliphatic carbocycles. The summed E-state index contributed by atoms with van der Waals surface area (Å²) in [7, 11) is 1.89. The monoisotopic (exact) mass is 470 g/mol. The molecule has 0 atom stereocenters. The molecule has 0 unspecified atom stereocenters. The van der Waals surface area contributed by atoms with Crippen molar-refractivity contribution in [2.75, 3.05) is 0 Å². The van der Waals surface area contributed by atoms with Crippen LogP contribution in [0.25, 0.3) is 33.1 Å². The van der Waals surface area contributed by atoms with Crippen LogP contribution in [-0.2, 0) is 20.0 Å². The zero-order chi connectivity index (χ0) is 23.7. The van der Waals surface area contributed by atoms with Gasteiger partial charge in [0.25, 0.3) is 5.56 Å². The fourth-order valence-corrected chi connectivity index (χ4v) is 5.13. The summed E-state index contributed by atoms with van der Waals surface area (Å²) in [6, 6.07) is 20.2. The quantitative estimate of drug-likeness (QED) is 0.318. The average molecular weight is 471 g/mol. The number of nitrogens with zero attached hydrogens (tertiary/aromatic N) is 4. The Balaban J connectivity index is 1.63. The molecule has 3 heterocycles. The van der Waals surface area contributed by atoms with Crippen molar-refractivity contribution in [3.05, 3.63) is 106 Å². The summed E-state index contributed by atoms with van der Waals surface area (Å²) in [6.45, 7) is 2.28. The molecule has 0 aliphatic heterocycles. The zero-order valence-corrected chi connectivity index (χ0v) is 19.7. The van der Waals surface area contributed by atoms with Crippen LogP contribution < -0.4 is 5.56 Å². The first-order chi connectivity index (χ1) is 16.5. The maximum atomic E-state index is 14.0. The van der Waals surface area contributed by atoms with Gasteiger partial charge >= 0.3 is 0 Å². The van der Waals surface area contributed by atoms with Gasteiger partial charge in [0.1, 0.15) is 11.6 Å². The third-order valence-corrected chi connectivity index (χ3v) is 6.81. The average Bonchev–Trinajstić information content (AvgIpc) is 3.48. The molecule has 7 heteroatoms. The van der Waals surface area contributed by atoms with Gasteiger partial charge in [0.2, 0.25) is 0 Å². The highest BCUT2D eigenvalue weighted by molar-refractivity contribution is 7.14. The van der Waals surface area contributed by atoms with Crippen molar-refractivity contribution in [3.63, 3.8) is 0 Å². The summed E-state index contributed by atoms with van der Waals surface area (Å²) >= 11 is 1.51. The molecule has 3 aromatic heterocycles. The second-order valence-electron chi connectivity index (χ2n) is 8.14. The zero-order valence-electron chi connectivity index (χ0n) is 18.9. The third-order valence-electron chi connectivity index (χ3n) is 5.86. The van der Waals surface area contributed by atoms with E-state index in [0.717, 1.165) is 21.7 Å². The van der Waals surface area contributed by atoms with E-state index in [1.165, 1.54) is 23.5 Å². The topological polar surface area (TPSA) is 52.7 Å². The van der Waals surface area contributed by atoms with Gasteiger partial charge in [-0.05, 0) is 43.2 Å². The summed E-state index contributed by atoms with van der Waals surface area (Å²) in [6.07, 6.45) is 2.42. The van der Waals surface area contributed by atoms with Crippen molar-refractivity contribution in [3.8, 4) is 33.1 Å². The van der Waals surface area contributed by atoms with E-state index >= 15 is 0 Å². The lowest BCUT2D eigenvalue weighted by Gasteiger charge is -2.16. The summed E-state index contributed by atoms with van der Waals surface area (Å²) in [5.41, 5.74) is 4.77. The van der Waals surface area contributed by atoms with E-state index in [1.807, 2.05) is 66.5 Å². The molecular formula is C27H23FN4OS. The van der Waals surface area contributed by atoms with Gasteiger partial charge in [-0.2, -0.15) is 5.10 Å². The minimum absolute atomic E-state index is 0.124. The molecule has 5 aromatic rings. The van der Waals surface area contributed by atoms with E-state index in [9.17, 15) is 9.18 Å². The van der Waals surface area contributed by atoms with Gasteiger partial charge in [0, 0.05) is 41.2 Å². The first kappa shape index (κ1) is 22.0. The molecule has 170 valence electrons. The number of hydrogen-bond acceptors (Lipinski definition) is 4. The predicted octanol–water partition coefficient (Wildman–Crippen LogP) is 5.73. The molecule has 0 radical (unpaired) electrons. The van der Waals surface area contributed by atoms with Crippen LogP contribution in [-0.4, -0.2) is 19.3 Å². The van der Waals surface area contributed by atoms with Crippen LogP contribution in [0.4, 0.5) is 4.39 Å².